The maximum absolute atomic E-state index is 12.0. The molecule has 2 rings (SSSR count). The largest absolute Gasteiger partial charge is 0.400 e. The maximum Gasteiger partial charge on any atom is 0.0849 e. The van der Waals surface area contributed by atoms with E-state index in [-0.39, 0.29) is 0 Å². The zero-order valence-corrected chi connectivity index (χ0v) is 9.85. The lowest BCUT2D eigenvalue weighted by Gasteiger charge is -2.00. The minimum absolute atomic E-state index is 0.846. The number of aliphatic hydroxyl groups is 1. The van der Waals surface area contributed by atoms with Gasteiger partial charge in [-0.05, 0) is 24.3 Å². The Morgan fingerprint density at radius 3 is 1.38 bits per heavy atom. The smallest absolute Gasteiger partial charge is 0.0849 e. The lowest BCUT2D eigenvalue weighted by Crippen LogP contribution is -1.91. The predicted octanol–water partition coefficient (Wildman–Crippen LogP) is 2.46. The molecule has 0 saturated carbocycles. The van der Waals surface area contributed by atoms with Gasteiger partial charge in [-0.15, -0.1) is 0 Å². The predicted molar refractivity (Wildman–Crippen MR) is 65.7 cm³/mol. The Hall–Kier alpha value is -1.45. The van der Waals surface area contributed by atoms with Gasteiger partial charge in [0.05, 0.1) is 10.8 Å². The van der Waals surface area contributed by atoms with E-state index >= 15 is 0 Å². The van der Waals surface area contributed by atoms with Crippen LogP contribution in [0.25, 0.3) is 0 Å². The first-order valence-electron chi connectivity index (χ1n) is 4.84. The zero-order valence-electron chi connectivity index (χ0n) is 9.04. The van der Waals surface area contributed by atoms with Crippen molar-refractivity contribution in [3.05, 3.63) is 60.7 Å². The minimum atomic E-state index is -1.05. The van der Waals surface area contributed by atoms with Crippen LogP contribution in [0.15, 0.2) is 70.5 Å². The zero-order chi connectivity index (χ0) is 11.8. The quantitative estimate of drug-likeness (QED) is 0.866. The van der Waals surface area contributed by atoms with Gasteiger partial charge >= 0.3 is 0 Å². The van der Waals surface area contributed by atoms with Crippen LogP contribution in [0, 0.1) is 0 Å². The van der Waals surface area contributed by atoms with Gasteiger partial charge in [-0.2, -0.15) is 0 Å². The number of rotatable bonds is 2. The van der Waals surface area contributed by atoms with E-state index < -0.39 is 10.8 Å². The normalized spacial score (nSPS) is 9.44. The fourth-order valence-electron chi connectivity index (χ4n) is 1.22. The molecule has 0 unspecified atom stereocenters. The molecule has 0 aliphatic rings. The Bertz CT molecular complexity index is 385. The van der Waals surface area contributed by atoms with Gasteiger partial charge in [-0.3, -0.25) is 0 Å². The molecule has 2 nitrogen and oxygen atoms in total. The van der Waals surface area contributed by atoms with Crippen molar-refractivity contribution >= 4 is 10.8 Å². The summed E-state index contributed by atoms with van der Waals surface area (Å²) >= 11 is 0. The van der Waals surface area contributed by atoms with Crippen molar-refractivity contribution in [3.8, 4) is 0 Å². The van der Waals surface area contributed by atoms with Gasteiger partial charge in [0.15, 0.2) is 0 Å². The third-order valence-corrected chi connectivity index (χ3v) is 3.32. The lowest BCUT2D eigenvalue weighted by molar-refractivity contribution is 0.399. The molecule has 1 N–H and O–H groups in total. The first kappa shape index (κ1) is 12.6. The van der Waals surface area contributed by atoms with Crippen molar-refractivity contribution in [2.75, 3.05) is 7.11 Å². The van der Waals surface area contributed by atoms with Crippen LogP contribution < -0.4 is 0 Å². The molecule has 0 amide bonds. The van der Waals surface area contributed by atoms with Crippen molar-refractivity contribution in [1.29, 1.82) is 0 Å². The maximum atomic E-state index is 12.0. The summed E-state index contributed by atoms with van der Waals surface area (Å²) in [5, 5.41) is 7.00. The molecule has 0 atom stereocenters. The lowest BCUT2D eigenvalue weighted by atomic mass is 10.4. The van der Waals surface area contributed by atoms with Gasteiger partial charge < -0.3 is 5.11 Å². The van der Waals surface area contributed by atoms with Gasteiger partial charge in [0.1, 0.15) is 0 Å². The summed E-state index contributed by atoms with van der Waals surface area (Å²) < 4.78 is 12.0. The third-order valence-electron chi connectivity index (χ3n) is 1.91. The van der Waals surface area contributed by atoms with Crippen molar-refractivity contribution in [1.82, 2.24) is 0 Å². The van der Waals surface area contributed by atoms with Crippen LogP contribution in [0.5, 0.6) is 0 Å². The van der Waals surface area contributed by atoms with Crippen molar-refractivity contribution in [2.24, 2.45) is 0 Å². The second-order valence-corrected chi connectivity index (χ2v) is 4.38. The molecule has 0 saturated heterocycles. The molecule has 0 radical (unpaired) electrons. The average Bonchev–Trinajstić information content (AvgIpc) is 2.42. The Morgan fingerprint density at radius 2 is 1.06 bits per heavy atom. The van der Waals surface area contributed by atoms with Gasteiger partial charge in [-0.1, -0.05) is 36.4 Å². The summed E-state index contributed by atoms with van der Waals surface area (Å²) in [7, 11) is -0.0468. The SMILES string of the molecule is CO.O=S(c1ccccc1)c1ccccc1. The Kier molecular flexibility index (Phi) is 5.46. The molecule has 16 heavy (non-hydrogen) atoms. The number of hydrogen-bond acceptors (Lipinski definition) is 2. The average molecular weight is 234 g/mol. The van der Waals surface area contributed by atoms with E-state index in [4.69, 9.17) is 5.11 Å². The third kappa shape index (κ3) is 3.29. The monoisotopic (exact) mass is 234 g/mol. The highest BCUT2D eigenvalue weighted by Crippen LogP contribution is 2.14. The molecule has 84 valence electrons. The van der Waals surface area contributed by atoms with E-state index in [9.17, 15) is 4.21 Å². The van der Waals surface area contributed by atoms with Gasteiger partial charge in [0.2, 0.25) is 0 Å². The highest BCUT2D eigenvalue weighted by molar-refractivity contribution is 7.85. The standard InChI is InChI=1S/C12H10OS.CH4O/c13-14(11-7-3-1-4-8-11)12-9-5-2-6-10-12;1-2/h1-10H;2H,1H3. The molecular formula is C13H14O2S. The van der Waals surface area contributed by atoms with Crippen LogP contribution in [-0.2, 0) is 10.8 Å². The van der Waals surface area contributed by atoms with Crippen molar-refractivity contribution in [2.45, 2.75) is 9.79 Å². The Balaban J connectivity index is 0.000000606. The summed E-state index contributed by atoms with van der Waals surface area (Å²) in [6.07, 6.45) is 0. The molecule has 0 heterocycles. The first-order chi connectivity index (χ1) is 7.88. The molecule has 0 aliphatic carbocycles. The van der Waals surface area contributed by atoms with Crippen LogP contribution in [-0.4, -0.2) is 16.4 Å². The number of aliphatic hydroxyl groups excluding tert-OH is 1. The summed E-state index contributed by atoms with van der Waals surface area (Å²) in [5.74, 6) is 0. The fourth-order valence-corrected chi connectivity index (χ4v) is 2.31. The van der Waals surface area contributed by atoms with Crippen LogP contribution in [0.1, 0.15) is 0 Å². The molecule has 0 bridgehead atoms. The van der Waals surface area contributed by atoms with E-state index in [1.165, 1.54) is 0 Å². The molecule has 2 aromatic rings. The number of benzene rings is 2. The second-order valence-electron chi connectivity index (χ2n) is 2.89. The highest BCUT2D eigenvalue weighted by Gasteiger charge is 2.04. The summed E-state index contributed by atoms with van der Waals surface area (Å²) in [6, 6.07) is 19.0. The fraction of sp³-hybridized carbons (Fsp3) is 0.0769. The van der Waals surface area contributed by atoms with Crippen LogP contribution >= 0.6 is 0 Å². The van der Waals surface area contributed by atoms with Crippen LogP contribution in [0.3, 0.4) is 0 Å². The highest BCUT2D eigenvalue weighted by atomic mass is 32.2. The van der Waals surface area contributed by atoms with Gasteiger partial charge in [0.25, 0.3) is 0 Å². The number of hydrogen-bond donors (Lipinski definition) is 1. The molecule has 0 spiro atoms. The molecule has 3 heteroatoms. The van der Waals surface area contributed by atoms with Crippen LogP contribution in [0.2, 0.25) is 0 Å². The molecule has 2 aromatic carbocycles. The van der Waals surface area contributed by atoms with E-state index in [1.807, 2.05) is 60.7 Å². The minimum Gasteiger partial charge on any atom is -0.400 e. The first-order valence-corrected chi connectivity index (χ1v) is 5.99. The van der Waals surface area contributed by atoms with E-state index in [2.05, 4.69) is 0 Å². The van der Waals surface area contributed by atoms with E-state index in [1.54, 1.807) is 0 Å². The van der Waals surface area contributed by atoms with E-state index in [0.29, 0.717) is 0 Å². The topological polar surface area (TPSA) is 37.3 Å². The van der Waals surface area contributed by atoms with Gasteiger partial charge in [0, 0.05) is 16.9 Å². The summed E-state index contributed by atoms with van der Waals surface area (Å²) in [4.78, 5) is 1.69. The van der Waals surface area contributed by atoms with Crippen molar-refractivity contribution < 1.29 is 9.32 Å². The Morgan fingerprint density at radius 1 is 0.750 bits per heavy atom. The molecular weight excluding hydrogens is 220 g/mol. The van der Waals surface area contributed by atoms with E-state index in [0.717, 1.165) is 16.9 Å². The summed E-state index contributed by atoms with van der Waals surface area (Å²) in [5.41, 5.74) is 0. The molecule has 0 aliphatic heterocycles. The van der Waals surface area contributed by atoms with Crippen LogP contribution in [0.4, 0.5) is 0 Å². The molecule has 0 fully saturated rings. The molecule has 0 aromatic heterocycles. The second kappa shape index (κ2) is 6.93. The summed E-state index contributed by atoms with van der Waals surface area (Å²) in [6.45, 7) is 0. The van der Waals surface area contributed by atoms with Gasteiger partial charge in [-0.25, -0.2) is 4.21 Å². The Labute approximate surface area is 98.0 Å². The van der Waals surface area contributed by atoms with Crippen molar-refractivity contribution in [3.63, 3.8) is 0 Å².